The largest absolute Gasteiger partial charge is 0.294 e. The molecule has 0 aliphatic carbocycles. The van der Waals surface area contributed by atoms with Crippen LogP contribution in [-0.2, 0) is 9.84 Å². The van der Waals surface area contributed by atoms with Crippen LogP contribution in [0.25, 0.3) is 0 Å². The van der Waals surface area contributed by atoms with Crippen LogP contribution in [0.2, 0.25) is 0 Å². The fourth-order valence-corrected chi connectivity index (χ4v) is 3.27. The zero-order valence-electron chi connectivity index (χ0n) is 7.66. The summed E-state index contributed by atoms with van der Waals surface area (Å²) in [6, 6.07) is 0.0502. The summed E-state index contributed by atoms with van der Waals surface area (Å²) in [7, 11) is -2.82. The SMILES string of the molecule is C=C(Cl)CN1CCS(=O)(=O)CC1C. The van der Waals surface area contributed by atoms with Gasteiger partial charge in [-0.1, -0.05) is 18.2 Å². The van der Waals surface area contributed by atoms with Gasteiger partial charge in [0.25, 0.3) is 0 Å². The minimum absolute atomic E-state index is 0.0502. The Balaban J connectivity index is 2.59. The van der Waals surface area contributed by atoms with Gasteiger partial charge in [0.05, 0.1) is 11.5 Å². The standard InChI is InChI=1S/C8H14ClNO2S/c1-7(9)5-10-3-4-13(11,12)6-8(10)2/h8H,1,3-6H2,2H3. The lowest BCUT2D eigenvalue weighted by Crippen LogP contribution is -2.47. The van der Waals surface area contributed by atoms with E-state index in [9.17, 15) is 8.42 Å². The molecular weight excluding hydrogens is 210 g/mol. The monoisotopic (exact) mass is 223 g/mol. The van der Waals surface area contributed by atoms with E-state index in [1.165, 1.54) is 0 Å². The van der Waals surface area contributed by atoms with Crippen LogP contribution in [0.4, 0.5) is 0 Å². The van der Waals surface area contributed by atoms with Gasteiger partial charge in [0.1, 0.15) is 0 Å². The molecule has 0 radical (unpaired) electrons. The molecule has 76 valence electrons. The lowest BCUT2D eigenvalue weighted by molar-refractivity contribution is 0.249. The van der Waals surface area contributed by atoms with Gasteiger partial charge in [0, 0.05) is 24.2 Å². The molecule has 1 aliphatic rings. The zero-order chi connectivity index (χ0) is 10.1. The van der Waals surface area contributed by atoms with Gasteiger partial charge in [-0.05, 0) is 6.92 Å². The van der Waals surface area contributed by atoms with Crippen LogP contribution in [0, 0.1) is 0 Å². The van der Waals surface area contributed by atoms with E-state index < -0.39 is 9.84 Å². The first-order valence-electron chi connectivity index (χ1n) is 4.18. The Morgan fingerprint density at radius 2 is 2.31 bits per heavy atom. The Hall–Kier alpha value is -0.0600. The molecule has 1 unspecified atom stereocenters. The van der Waals surface area contributed by atoms with Crippen LogP contribution in [0.5, 0.6) is 0 Å². The molecule has 1 atom stereocenters. The van der Waals surface area contributed by atoms with Gasteiger partial charge in [0.2, 0.25) is 0 Å². The first kappa shape index (κ1) is 11.0. The van der Waals surface area contributed by atoms with Gasteiger partial charge in [-0.15, -0.1) is 0 Å². The fourth-order valence-electron chi connectivity index (χ4n) is 1.49. The van der Waals surface area contributed by atoms with Gasteiger partial charge >= 0.3 is 0 Å². The number of nitrogens with zero attached hydrogens (tertiary/aromatic N) is 1. The molecule has 1 saturated heterocycles. The van der Waals surface area contributed by atoms with Crippen LogP contribution < -0.4 is 0 Å². The minimum Gasteiger partial charge on any atom is -0.294 e. The minimum atomic E-state index is -2.82. The number of hydrogen-bond donors (Lipinski definition) is 0. The van der Waals surface area contributed by atoms with Crippen molar-refractivity contribution < 1.29 is 8.42 Å². The fraction of sp³-hybridized carbons (Fsp3) is 0.750. The van der Waals surface area contributed by atoms with Crippen molar-refractivity contribution in [3.05, 3.63) is 11.6 Å². The molecule has 5 heteroatoms. The molecule has 1 aliphatic heterocycles. The Bertz CT molecular complexity index is 299. The lowest BCUT2D eigenvalue weighted by atomic mass is 10.3. The molecule has 3 nitrogen and oxygen atoms in total. The van der Waals surface area contributed by atoms with Crippen molar-refractivity contribution >= 4 is 21.4 Å². The Labute approximate surface area is 84.3 Å². The molecule has 1 fully saturated rings. The molecule has 0 N–H and O–H groups in total. The van der Waals surface area contributed by atoms with Crippen LogP contribution in [0.3, 0.4) is 0 Å². The highest BCUT2D eigenvalue weighted by molar-refractivity contribution is 7.91. The predicted octanol–water partition coefficient (Wildman–Crippen LogP) is 0.858. The van der Waals surface area contributed by atoms with E-state index in [1.54, 1.807) is 0 Å². The first-order valence-corrected chi connectivity index (χ1v) is 6.38. The summed E-state index contributed by atoms with van der Waals surface area (Å²) in [5, 5.41) is 0.561. The Morgan fingerprint density at radius 3 is 2.77 bits per heavy atom. The molecule has 13 heavy (non-hydrogen) atoms. The van der Waals surface area contributed by atoms with Crippen LogP contribution in [-0.4, -0.2) is 44.0 Å². The van der Waals surface area contributed by atoms with Gasteiger partial charge in [-0.2, -0.15) is 0 Å². The molecule has 0 aromatic carbocycles. The van der Waals surface area contributed by atoms with Gasteiger partial charge in [-0.3, -0.25) is 4.90 Å². The maximum Gasteiger partial charge on any atom is 0.153 e. The second-order valence-corrected chi connectivity index (χ2v) is 6.21. The highest BCUT2D eigenvalue weighted by Crippen LogP contribution is 2.13. The van der Waals surface area contributed by atoms with E-state index in [4.69, 9.17) is 11.6 Å². The van der Waals surface area contributed by atoms with Crippen LogP contribution in [0.1, 0.15) is 6.92 Å². The van der Waals surface area contributed by atoms with Gasteiger partial charge in [-0.25, -0.2) is 8.42 Å². The van der Waals surface area contributed by atoms with E-state index in [0.717, 1.165) is 0 Å². The lowest BCUT2D eigenvalue weighted by Gasteiger charge is -2.32. The maximum atomic E-state index is 11.2. The average Bonchev–Trinajstić information content (AvgIpc) is 1.93. The smallest absolute Gasteiger partial charge is 0.153 e. The molecular formula is C8H14ClNO2S. The second kappa shape index (κ2) is 3.98. The van der Waals surface area contributed by atoms with Crippen molar-refractivity contribution in [1.82, 2.24) is 4.90 Å². The number of hydrogen-bond acceptors (Lipinski definition) is 3. The van der Waals surface area contributed by atoms with Crippen molar-refractivity contribution in [2.45, 2.75) is 13.0 Å². The summed E-state index contributed by atoms with van der Waals surface area (Å²) in [4.78, 5) is 2.04. The highest BCUT2D eigenvalue weighted by Gasteiger charge is 2.27. The van der Waals surface area contributed by atoms with Crippen molar-refractivity contribution in [1.29, 1.82) is 0 Å². The van der Waals surface area contributed by atoms with Gasteiger partial charge in [0.15, 0.2) is 9.84 Å². The third-order valence-corrected chi connectivity index (χ3v) is 4.10. The number of halogens is 1. The Kier molecular flexibility index (Phi) is 3.38. The normalized spacial score (nSPS) is 28.6. The third kappa shape index (κ3) is 3.29. The Morgan fingerprint density at radius 1 is 1.69 bits per heavy atom. The molecule has 0 spiro atoms. The van der Waals surface area contributed by atoms with Crippen molar-refractivity contribution in [3.8, 4) is 0 Å². The second-order valence-electron chi connectivity index (χ2n) is 3.45. The van der Waals surface area contributed by atoms with E-state index >= 15 is 0 Å². The average molecular weight is 224 g/mol. The van der Waals surface area contributed by atoms with E-state index in [0.29, 0.717) is 18.1 Å². The molecule has 1 rings (SSSR count). The molecule has 0 aromatic heterocycles. The number of rotatable bonds is 2. The highest BCUT2D eigenvalue weighted by atomic mass is 35.5. The van der Waals surface area contributed by atoms with E-state index in [1.807, 2.05) is 11.8 Å². The summed E-state index contributed by atoms with van der Waals surface area (Å²) >= 11 is 5.66. The summed E-state index contributed by atoms with van der Waals surface area (Å²) in [6.07, 6.45) is 0. The van der Waals surface area contributed by atoms with E-state index in [2.05, 4.69) is 6.58 Å². The zero-order valence-corrected chi connectivity index (χ0v) is 9.24. The summed E-state index contributed by atoms with van der Waals surface area (Å²) in [6.45, 7) is 6.64. The topological polar surface area (TPSA) is 37.4 Å². The summed E-state index contributed by atoms with van der Waals surface area (Å²) in [5.41, 5.74) is 0. The predicted molar refractivity (Wildman–Crippen MR) is 54.7 cm³/mol. The molecule has 0 saturated carbocycles. The van der Waals surface area contributed by atoms with Crippen LogP contribution >= 0.6 is 11.6 Å². The third-order valence-electron chi connectivity index (χ3n) is 2.18. The molecule has 0 amide bonds. The summed E-state index contributed by atoms with van der Waals surface area (Å²) < 4.78 is 22.4. The van der Waals surface area contributed by atoms with E-state index in [-0.39, 0.29) is 17.5 Å². The molecule has 1 heterocycles. The van der Waals surface area contributed by atoms with Crippen molar-refractivity contribution in [2.75, 3.05) is 24.6 Å². The van der Waals surface area contributed by atoms with Crippen molar-refractivity contribution in [2.24, 2.45) is 0 Å². The quantitative estimate of drug-likeness (QED) is 0.697. The summed E-state index contributed by atoms with van der Waals surface area (Å²) in [5.74, 6) is 0.471. The maximum absolute atomic E-state index is 11.2. The molecule has 0 aromatic rings. The van der Waals surface area contributed by atoms with Crippen LogP contribution in [0.15, 0.2) is 11.6 Å². The first-order chi connectivity index (χ1) is 5.91. The molecule has 0 bridgehead atoms. The van der Waals surface area contributed by atoms with Gasteiger partial charge < -0.3 is 0 Å². The van der Waals surface area contributed by atoms with Crippen molar-refractivity contribution in [3.63, 3.8) is 0 Å². The number of sulfone groups is 1.